The predicted octanol–water partition coefficient (Wildman–Crippen LogP) is 3.54. The number of hydrogen-bond acceptors (Lipinski definition) is 3. The minimum atomic E-state index is -0.211. The minimum absolute atomic E-state index is 0.0924. The molecule has 0 bridgehead atoms. The van der Waals surface area contributed by atoms with Crippen molar-refractivity contribution in [2.24, 2.45) is 0 Å². The quantitative estimate of drug-likeness (QED) is 0.788. The summed E-state index contributed by atoms with van der Waals surface area (Å²) in [7, 11) is 0. The Hall–Kier alpha value is -0.290. The molecule has 2 atom stereocenters. The molecule has 3 nitrogen and oxygen atoms in total. The number of rotatable bonds is 4. The van der Waals surface area contributed by atoms with Crippen LogP contribution in [0.25, 0.3) is 0 Å². The number of ether oxygens (including phenoxy) is 3. The van der Waals surface area contributed by atoms with E-state index in [0.29, 0.717) is 26.4 Å². The van der Waals surface area contributed by atoms with E-state index in [9.17, 15) is 0 Å². The van der Waals surface area contributed by atoms with Gasteiger partial charge in [-0.3, -0.25) is 0 Å². The Morgan fingerprint density at radius 3 is 2.94 bits per heavy atom. The molecule has 1 aromatic rings. The number of halogens is 2. The van der Waals surface area contributed by atoms with Crippen LogP contribution in [0.5, 0.6) is 5.75 Å². The summed E-state index contributed by atoms with van der Waals surface area (Å²) >= 11 is 9.90. The van der Waals surface area contributed by atoms with E-state index in [-0.39, 0.29) is 11.5 Å². The van der Waals surface area contributed by atoms with Gasteiger partial charge in [0.15, 0.2) is 0 Å². The monoisotopic (exact) mass is 334 g/mol. The topological polar surface area (TPSA) is 27.7 Å². The lowest BCUT2D eigenvalue weighted by Gasteiger charge is -2.27. The lowest BCUT2D eigenvalue weighted by atomic mass is 10.1. The minimum Gasteiger partial charge on any atom is -0.493 e. The SMILES string of the molecule is CCOc1ccc(C(Cl)C2COCCO2)cc1Br. The average Bonchev–Trinajstić information content (AvgIpc) is 2.41. The molecule has 1 saturated heterocycles. The van der Waals surface area contributed by atoms with Gasteiger partial charge in [-0.1, -0.05) is 6.07 Å². The van der Waals surface area contributed by atoms with Crippen LogP contribution in [0, 0.1) is 0 Å². The molecule has 1 aliphatic rings. The van der Waals surface area contributed by atoms with Crippen LogP contribution in [0.4, 0.5) is 0 Å². The van der Waals surface area contributed by atoms with Gasteiger partial charge in [0.05, 0.1) is 36.3 Å². The molecule has 0 amide bonds. The molecule has 1 fully saturated rings. The first-order chi connectivity index (χ1) is 8.72. The molecule has 18 heavy (non-hydrogen) atoms. The van der Waals surface area contributed by atoms with Gasteiger partial charge < -0.3 is 14.2 Å². The van der Waals surface area contributed by atoms with E-state index in [4.69, 9.17) is 25.8 Å². The Morgan fingerprint density at radius 2 is 2.33 bits per heavy atom. The predicted molar refractivity (Wildman–Crippen MR) is 74.5 cm³/mol. The lowest BCUT2D eigenvalue weighted by molar-refractivity contribution is -0.0892. The number of alkyl halides is 1. The average molecular weight is 336 g/mol. The zero-order valence-electron chi connectivity index (χ0n) is 10.2. The summed E-state index contributed by atoms with van der Waals surface area (Å²) in [6.45, 7) is 4.39. The van der Waals surface area contributed by atoms with E-state index in [1.807, 2.05) is 25.1 Å². The maximum atomic E-state index is 6.42. The van der Waals surface area contributed by atoms with Gasteiger partial charge in [-0.15, -0.1) is 11.6 Å². The molecule has 0 spiro atoms. The van der Waals surface area contributed by atoms with E-state index in [2.05, 4.69) is 15.9 Å². The van der Waals surface area contributed by atoms with Gasteiger partial charge in [0.1, 0.15) is 11.9 Å². The van der Waals surface area contributed by atoms with Crippen molar-refractivity contribution in [1.29, 1.82) is 0 Å². The summed E-state index contributed by atoms with van der Waals surface area (Å²) < 4.78 is 17.4. The molecule has 0 N–H and O–H groups in total. The van der Waals surface area contributed by atoms with Crippen LogP contribution in [-0.2, 0) is 9.47 Å². The molecule has 0 aromatic heterocycles. The van der Waals surface area contributed by atoms with E-state index in [1.54, 1.807) is 0 Å². The van der Waals surface area contributed by atoms with Crippen LogP contribution in [0.1, 0.15) is 17.9 Å². The number of benzene rings is 1. The second-order valence-corrected chi connectivity index (χ2v) is 5.33. The maximum absolute atomic E-state index is 6.42. The highest BCUT2D eigenvalue weighted by Gasteiger charge is 2.25. The molecule has 5 heteroatoms. The van der Waals surface area contributed by atoms with Gasteiger partial charge in [0, 0.05) is 0 Å². The van der Waals surface area contributed by atoms with E-state index in [0.717, 1.165) is 15.8 Å². The van der Waals surface area contributed by atoms with Crippen LogP contribution in [0.2, 0.25) is 0 Å². The Bertz CT molecular complexity index is 394. The van der Waals surface area contributed by atoms with Crippen molar-refractivity contribution >= 4 is 27.5 Å². The van der Waals surface area contributed by atoms with Crippen LogP contribution in [-0.4, -0.2) is 32.5 Å². The summed E-state index contributed by atoms with van der Waals surface area (Å²) in [5.41, 5.74) is 1.00. The zero-order valence-corrected chi connectivity index (χ0v) is 12.5. The van der Waals surface area contributed by atoms with Gasteiger partial charge >= 0.3 is 0 Å². The largest absolute Gasteiger partial charge is 0.493 e. The van der Waals surface area contributed by atoms with Gasteiger partial charge in [-0.05, 0) is 40.5 Å². The lowest BCUT2D eigenvalue weighted by Crippen LogP contribution is -2.31. The van der Waals surface area contributed by atoms with E-state index < -0.39 is 0 Å². The first-order valence-corrected chi connectivity index (χ1v) is 7.21. The molecular weight excluding hydrogens is 319 g/mol. The molecule has 0 saturated carbocycles. The van der Waals surface area contributed by atoms with Gasteiger partial charge in [0.25, 0.3) is 0 Å². The Kier molecular flexibility index (Phi) is 5.30. The fraction of sp³-hybridized carbons (Fsp3) is 0.538. The van der Waals surface area contributed by atoms with Gasteiger partial charge in [-0.25, -0.2) is 0 Å². The summed E-state index contributed by atoms with van der Waals surface area (Å²) in [6.07, 6.45) is -0.0924. The third-order valence-electron chi connectivity index (χ3n) is 2.74. The first kappa shape index (κ1) is 14.1. The molecule has 100 valence electrons. The first-order valence-electron chi connectivity index (χ1n) is 5.98. The summed E-state index contributed by atoms with van der Waals surface area (Å²) in [5, 5.41) is -0.211. The van der Waals surface area contributed by atoms with Crippen LogP contribution < -0.4 is 4.74 Å². The highest BCUT2D eigenvalue weighted by Crippen LogP contribution is 2.33. The van der Waals surface area contributed by atoms with Crippen molar-refractivity contribution in [3.8, 4) is 5.75 Å². The highest BCUT2D eigenvalue weighted by atomic mass is 79.9. The van der Waals surface area contributed by atoms with Crippen molar-refractivity contribution in [2.45, 2.75) is 18.4 Å². The third-order valence-corrected chi connectivity index (χ3v) is 3.90. The Balaban J connectivity index is 2.10. The fourth-order valence-corrected chi connectivity index (χ4v) is 2.64. The van der Waals surface area contributed by atoms with Crippen molar-refractivity contribution in [3.63, 3.8) is 0 Å². The summed E-state index contributed by atoms with van der Waals surface area (Å²) in [4.78, 5) is 0. The molecule has 1 heterocycles. The van der Waals surface area contributed by atoms with Crippen molar-refractivity contribution in [3.05, 3.63) is 28.2 Å². The highest BCUT2D eigenvalue weighted by molar-refractivity contribution is 9.10. The van der Waals surface area contributed by atoms with Gasteiger partial charge in [0.2, 0.25) is 0 Å². The van der Waals surface area contributed by atoms with Crippen molar-refractivity contribution < 1.29 is 14.2 Å². The molecular formula is C13H16BrClO3. The summed E-state index contributed by atoms with van der Waals surface area (Å²) in [6, 6.07) is 5.86. The molecule has 2 rings (SSSR count). The maximum Gasteiger partial charge on any atom is 0.133 e. The molecule has 1 aliphatic heterocycles. The van der Waals surface area contributed by atoms with Crippen LogP contribution in [0.3, 0.4) is 0 Å². The Labute approximate surface area is 120 Å². The van der Waals surface area contributed by atoms with E-state index in [1.165, 1.54) is 0 Å². The molecule has 1 aromatic carbocycles. The molecule has 2 unspecified atom stereocenters. The van der Waals surface area contributed by atoms with Gasteiger partial charge in [-0.2, -0.15) is 0 Å². The standard InChI is InChI=1S/C13H16BrClO3/c1-2-17-11-4-3-9(7-10(11)14)13(15)12-8-16-5-6-18-12/h3-4,7,12-13H,2,5-6,8H2,1H3. The second kappa shape index (κ2) is 6.75. The zero-order chi connectivity index (χ0) is 13.0. The number of hydrogen-bond donors (Lipinski definition) is 0. The second-order valence-electron chi connectivity index (χ2n) is 4.01. The van der Waals surface area contributed by atoms with E-state index >= 15 is 0 Å². The Morgan fingerprint density at radius 1 is 1.50 bits per heavy atom. The third kappa shape index (κ3) is 3.38. The van der Waals surface area contributed by atoms with Crippen molar-refractivity contribution in [2.75, 3.05) is 26.4 Å². The molecule has 0 aliphatic carbocycles. The van der Waals surface area contributed by atoms with Crippen molar-refractivity contribution in [1.82, 2.24) is 0 Å². The fourth-order valence-electron chi connectivity index (χ4n) is 1.85. The van der Waals surface area contributed by atoms with Crippen LogP contribution >= 0.6 is 27.5 Å². The smallest absolute Gasteiger partial charge is 0.133 e. The normalized spacial score (nSPS) is 21.6. The van der Waals surface area contributed by atoms with Crippen LogP contribution in [0.15, 0.2) is 22.7 Å². The molecule has 0 radical (unpaired) electrons. The summed E-state index contributed by atoms with van der Waals surface area (Å²) in [5.74, 6) is 0.825.